The molecule has 1 aliphatic carbocycles. The lowest BCUT2D eigenvalue weighted by Gasteiger charge is -2.44. The molecular formula is C36H64N2O6. The molecule has 254 valence electrons. The van der Waals surface area contributed by atoms with E-state index in [4.69, 9.17) is 14.2 Å². The van der Waals surface area contributed by atoms with Crippen molar-refractivity contribution in [2.75, 3.05) is 13.2 Å². The van der Waals surface area contributed by atoms with Crippen LogP contribution in [0.2, 0.25) is 0 Å². The van der Waals surface area contributed by atoms with Gasteiger partial charge in [-0.05, 0) is 65.2 Å². The second-order valence-corrected chi connectivity index (χ2v) is 14.0. The van der Waals surface area contributed by atoms with Crippen LogP contribution in [0.25, 0.3) is 0 Å². The molecule has 0 aromatic rings. The Hall–Kier alpha value is -1.93. The molecule has 0 radical (unpaired) electrons. The number of carbonyl (C=O) groups is 3. The first-order chi connectivity index (χ1) is 21.0. The maximum absolute atomic E-state index is 12.8. The van der Waals surface area contributed by atoms with Crippen molar-refractivity contribution in [3.63, 3.8) is 0 Å². The van der Waals surface area contributed by atoms with Crippen LogP contribution < -0.4 is 10.6 Å². The minimum atomic E-state index is -0.832. The van der Waals surface area contributed by atoms with E-state index in [-0.39, 0.29) is 42.9 Å². The number of carbonyl (C=O) groups excluding carboxylic acids is 3. The number of ether oxygens (including phenoxy) is 3. The molecule has 1 heterocycles. The van der Waals surface area contributed by atoms with Gasteiger partial charge in [0, 0.05) is 18.4 Å². The summed E-state index contributed by atoms with van der Waals surface area (Å²) in [6.07, 6.45) is 23.9. The highest BCUT2D eigenvalue weighted by atomic mass is 16.7. The Morgan fingerprint density at radius 1 is 0.818 bits per heavy atom. The molecule has 0 aromatic carbocycles. The third kappa shape index (κ3) is 15.9. The summed E-state index contributed by atoms with van der Waals surface area (Å²) in [6, 6.07) is -0.142. The summed E-state index contributed by atoms with van der Waals surface area (Å²) in [6.45, 7) is 10.3. The van der Waals surface area contributed by atoms with Gasteiger partial charge in [-0.15, -0.1) is 0 Å². The normalized spacial score (nSPS) is 22.9. The number of amides is 2. The Bertz CT molecular complexity index is 871. The van der Waals surface area contributed by atoms with Crippen molar-refractivity contribution in [2.45, 2.75) is 181 Å². The Labute approximate surface area is 268 Å². The maximum atomic E-state index is 12.8. The lowest BCUT2D eigenvalue weighted by atomic mass is 9.85. The SMILES string of the molecule is CCCCCCCC/C=C/CCCCCCCC(=O)N[C@H]1CCCCC1OC(=O)CCNC(=O)C1OC(C)(C)OCC1(C)C. The van der Waals surface area contributed by atoms with Gasteiger partial charge in [-0.3, -0.25) is 14.4 Å². The Morgan fingerprint density at radius 3 is 2.11 bits per heavy atom. The van der Waals surface area contributed by atoms with Crippen LogP contribution in [0.3, 0.4) is 0 Å². The Balaban J connectivity index is 1.55. The number of hydrogen-bond donors (Lipinski definition) is 2. The molecule has 0 spiro atoms. The van der Waals surface area contributed by atoms with Crippen molar-refractivity contribution in [1.29, 1.82) is 0 Å². The van der Waals surface area contributed by atoms with Crippen molar-refractivity contribution in [3.05, 3.63) is 12.2 Å². The molecule has 44 heavy (non-hydrogen) atoms. The van der Waals surface area contributed by atoms with Crippen molar-refractivity contribution in [2.24, 2.45) is 5.41 Å². The predicted octanol–water partition coefficient (Wildman–Crippen LogP) is 7.68. The van der Waals surface area contributed by atoms with Crippen molar-refractivity contribution in [3.8, 4) is 0 Å². The number of rotatable bonds is 21. The fraction of sp³-hybridized carbons (Fsp3) is 0.861. The molecule has 2 aliphatic rings. The van der Waals surface area contributed by atoms with Gasteiger partial charge in [0.2, 0.25) is 11.8 Å². The minimum Gasteiger partial charge on any atom is -0.460 e. The van der Waals surface area contributed by atoms with Gasteiger partial charge in [0.05, 0.1) is 19.1 Å². The van der Waals surface area contributed by atoms with E-state index in [2.05, 4.69) is 29.7 Å². The first-order valence-corrected chi connectivity index (χ1v) is 17.8. The number of nitrogens with one attached hydrogen (secondary N) is 2. The van der Waals surface area contributed by atoms with Gasteiger partial charge in [0.1, 0.15) is 12.2 Å². The molecular weight excluding hydrogens is 556 g/mol. The second kappa shape index (κ2) is 21.0. The smallest absolute Gasteiger partial charge is 0.307 e. The monoisotopic (exact) mass is 620 g/mol. The van der Waals surface area contributed by atoms with Gasteiger partial charge in [0.25, 0.3) is 0 Å². The quantitative estimate of drug-likeness (QED) is 0.0775. The van der Waals surface area contributed by atoms with Crippen molar-refractivity contribution < 1.29 is 28.6 Å². The molecule has 2 unspecified atom stereocenters. The number of esters is 1. The van der Waals surface area contributed by atoms with Gasteiger partial charge in [-0.2, -0.15) is 0 Å². The summed E-state index contributed by atoms with van der Waals surface area (Å²) < 4.78 is 17.3. The molecule has 0 bridgehead atoms. The fourth-order valence-electron chi connectivity index (χ4n) is 5.97. The molecule has 2 rings (SSSR count). The Morgan fingerprint density at radius 2 is 1.43 bits per heavy atom. The standard InChI is InChI=1S/C36H64N2O6/c1-6-7-8-9-10-11-12-13-14-15-16-17-18-19-20-25-31(39)38-29-23-21-22-24-30(29)43-32(40)26-27-37-34(41)33-35(2,3)28-42-36(4,5)44-33/h13-14,29-30,33H,6-12,15-28H2,1-5H3,(H,37,41)(H,38,39)/b14-13+/t29-,30?,33?/m0/s1. The molecule has 2 fully saturated rings. The van der Waals surface area contributed by atoms with Gasteiger partial charge in [-0.1, -0.05) is 90.7 Å². The molecule has 3 atom stereocenters. The van der Waals surface area contributed by atoms with Gasteiger partial charge in [-0.25, -0.2) is 0 Å². The number of unbranched alkanes of at least 4 members (excludes halogenated alkanes) is 11. The predicted molar refractivity (Wildman–Crippen MR) is 176 cm³/mol. The van der Waals surface area contributed by atoms with E-state index in [1.807, 2.05) is 13.8 Å². The highest BCUT2D eigenvalue weighted by Crippen LogP contribution is 2.34. The first-order valence-electron chi connectivity index (χ1n) is 17.8. The summed E-state index contributed by atoms with van der Waals surface area (Å²) in [7, 11) is 0. The van der Waals surface area contributed by atoms with Crippen LogP contribution >= 0.6 is 0 Å². The summed E-state index contributed by atoms with van der Waals surface area (Å²) in [5.74, 6) is -1.40. The summed E-state index contributed by atoms with van der Waals surface area (Å²) in [5.41, 5.74) is -0.475. The maximum Gasteiger partial charge on any atom is 0.307 e. The van der Waals surface area contributed by atoms with E-state index >= 15 is 0 Å². The zero-order valence-electron chi connectivity index (χ0n) is 28.7. The van der Waals surface area contributed by atoms with Gasteiger partial charge < -0.3 is 24.8 Å². The largest absolute Gasteiger partial charge is 0.460 e. The van der Waals surface area contributed by atoms with E-state index in [0.29, 0.717) is 13.0 Å². The van der Waals surface area contributed by atoms with Crippen LogP contribution in [0, 0.1) is 5.41 Å². The summed E-state index contributed by atoms with van der Waals surface area (Å²) >= 11 is 0. The average Bonchev–Trinajstić information content (AvgIpc) is 2.97. The molecule has 2 amide bonds. The first kappa shape index (κ1) is 38.3. The fourth-order valence-corrected chi connectivity index (χ4v) is 5.97. The zero-order valence-corrected chi connectivity index (χ0v) is 28.7. The van der Waals surface area contributed by atoms with Gasteiger partial charge >= 0.3 is 5.97 Å². The van der Waals surface area contributed by atoms with Crippen LogP contribution in [0.1, 0.15) is 157 Å². The Kier molecular flexibility index (Phi) is 18.2. The van der Waals surface area contributed by atoms with Gasteiger partial charge in [0.15, 0.2) is 5.79 Å². The van der Waals surface area contributed by atoms with Crippen LogP contribution in [0.15, 0.2) is 12.2 Å². The molecule has 2 N–H and O–H groups in total. The van der Waals surface area contributed by atoms with Crippen molar-refractivity contribution >= 4 is 17.8 Å². The van der Waals surface area contributed by atoms with Crippen LogP contribution in [-0.4, -0.2) is 55.0 Å². The summed E-state index contributed by atoms with van der Waals surface area (Å²) in [4.78, 5) is 38.1. The topological polar surface area (TPSA) is 103 Å². The second-order valence-electron chi connectivity index (χ2n) is 14.0. The third-order valence-corrected chi connectivity index (χ3v) is 8.77. The number of allylic oxidation sites excluding steroid dienone is 2. The van der Waals surface area contributed by atoms with E-state index in [0.717, 1.165) is 51.4 Å². The average molecular weight is 621 g/mol. The molecule has 0 aromatic heterocycles. The molecule has 1 saturated heterocycles. The third-order valence-electron chi connectivity index (χ3n) is 8.77. The lowest BCUT2D eigenvalue weighted by molar-refractivity contribution is -0.304. The molecule has 8 heteroatoms. The highest BCUT2D eigenvalue weighted by molar-refractivity contribution is 5.82. The van der Waals surface area contributed by atoms with E-state index in [1.54, 1.807) is 13.8 Å². The van der Waals surface area contributed by atoms with Crippen molar-refractivity contribution in [1.82, 2.24) is 10.6 Å². The molecule has 1 aliphatic heterocycles. The summed E-state index contributed by atoms with van der Waals surface area (Å²) in [5, 5.41) is 5.96. The highest BCUT2D eigenvalue weighted by Gasteiger charge is 2.45. The van der Waals surface area contributed by atoms with Crippen LogP contribution in [0.4, 0.5) is 0 Å². The zero-order chi connectivity index (χ0) is 32.3. The number of hydrogen-bond acceptors (Lipinski definition) is 6. The van der Waals surface area contributed by atoms with E-state index < -0.39 is 17.3 Å². The van der Waals surface area contributed by atoms with E-state index in [9.17, 15) is 14.4 Å². The van der Waals surface area contributed by atoms with Crippen LogP contribution in [-0.2, 0) is 28.6 Å². The minimum absolute atomic E-state index is 0.0461. The molecule has 8 nitrogen and oxygen atoms in total. The van der Waals surface area contributed by atoms with E-state index in [1.165, 1.54) is 57.8 Å². The molecule has 1 saturated carbocycles. The lowest BCUT2D eigenvalue weighted by Crippen LogP contribution is -2.56. The van der Waals surface area contributed by atoms with Crippen LogP contribution in [0.5, 0.6) is 0 Å².